The van der Waals surface area contributed by atoms with Crippen LogP contribution in [0.25, 0.3) is 0 Å². The number of esters is 1. The molecule has 0 spiro atoms. The number of carboxylic acid groups (broad SMARTS) is 1. The van der Waals surface area contributed by atoms with Crippen LogP contribution in [-0.2, 0) is 33.5 Å². The van der Waals surface area contributed by atoms with Crippen molar-refractivity contribution in [2.45, 2.75) is 131 Å². The Bertz CT molecular complexity index is 1180. The van der Waals surface area contributed by atoms with E-state index in [2.05, 4.69) is 42.5 Å². The normalized spacial score (nSPS) is 23.0. The first kappa shape index (κ1) is 42.3. The van der Waals surface area contributed by atoms with Crippen LogP contribution in [0.5, 0.6) is 0 Å². The highest BCUT2D eigenvalue weighted by atomic mass is 16.5. The summed E-state index contributed by atoms with van der Waals surface area (Å²) in [5, 5.41) is 16.7. The largest absolute Gasteiger partial charge is 0.481 e. The maximum atomic E-state index is 13.4. The molecule has 0 aromatic rings. The molecule has 6 atom stereocenters. The summed E-state index contributed by atoms with van der Waals surface area (Å²) >= 11 is 0. The van der Waals surface area contributed by atoms with Crippen LogP contribution in [0.1, 0.15) is 119 Å². The van der Waals surface area contributed by atoms with Crippen molar-refractivity contribution in [2.24, 2.45) is 23.7 Å². The van der Waals surface area contributed by atoms with Crippen molar-refractivity contribution >= 4 is 35.4 Å². The third-order valence-corrected chi connectivity index (χ3v) is 8.84. The summed E-state index contributed by atoms with van der Waals surface area (Å²) in [5.74, 6) is -5.20. The van der Waals surface area contributed by atoms with Crippen LogP contribution in [-0.4, -0.2) is 59.2 Å². The molecule has 1 aliphatic rings. The zero-order valence-corrected chi connectivity index (χ0v) is 29.9. The quantitative estimate of drug-likeness (QED) is 0.0636. The molecule has 1 aliphatic heterocycles. The lowest BCUT2D eigenvalue weighted by Crippen LogP contribution is -2.49. The van der Waals surface area contributed by atoms with E-state index in [1.807, 2.05) is 13.0 Å². The maximum absolute atomic E-state index is 13.4. The average Bonchev–Trinajstić information content (AvgIpc) is 3.04. The Morgan fingerprint density at radius 3 is 2.35 bits per heavy atom. The first-order valence-corrected chi connectivity index (χ1v) is 17.5. The minimum atomic E-state index is -1.16. The van der Waals surface area contributed by atoms with Crippen molar-refractivity contribution in [2.75, 3.05) is 6.54 Å². The number of hydrogen-bond donors (Lipinski definition) is 4. The number of nitrogens with one attached hydrogen (secondary N) is 3. The Morgan fingerprint density at radius 1 is 0.979 bits per heavy atom. The third-order valence-electron chi connectivity index (χ3n) is 8.84. The fourth-order valence-corrected chi connectivity index (χ4v) is 5.26. The number of amides is 3. The zero-order valence-electron chi connectivity index (χ0n) is 29.9. The van der Waals surface area contributed by atoms with E-state index in [0.29, 0.717) is 12.3 Å². The first-order valence-electron chi connectivity index (χ1n) is 17.5. The molecule has 6 unspecified atom stereocenters. The first-order chi connectivity index (χ1) is 22.7. The van der Waals surface area contributed by atoms with Gasteiger partial charge in [0.1, 0.15) is 12.1 Å². The number of carbonyl (C=O) groups excluding carboxylic acids is 5. The predicted octanol–water partition coefficient (Wildman–Crippen LogP) is 5.54. The lowest BCUT2D eigenvalue weighted by atomic mass is 9.92. The van der Waals surface area contributed by atoms with Gasteiger partial charge in [0.25, 0.3) is 5.91 Å². The Labute approximate surface area is 286 Å². The standard InChI is InChI=1S/C37H59N3O8/c1-8-9-10-11-14-24(2)15-12-16-25(3)19-21-31(41)26(4)20-22-32-28(6)35(45)39-29(7)36(46)38-23-27(5)34(44)40-30(37(47)48-32)17-13-18-33(42)43/h16,19,21,24,26-28,30,32H,7-15,17-18,20,22-23H2,1-6H3,(H,38,46)(H,39,45)(H,40,44)(H,42,43). The second kappa shape index (κ2) is 22.7. The van der Waals surface area contributed by atoms with Gasteiger partial charge in [-0.1, -0.05) is 91.0 Å². The summed E-state index contributed by atoms with van der Waals surface area (Å²) < 4.78 is 5.79. The van der Waals surface area contributed by atoms with Gasteiger partial charge in [0.2, 0.25) is 11.8 Å². The van der Waals surface area contributed by atoms with Gasteiger partial charge >= 0.3 is 11.9 Å². The van der Waals surface area contributed by atoms with Crippen molar-refractivity contribution in [1.29, 1.82) is 0 Å². The number of ketones is 1. The fourth-order valence-electron chi connectivity index (χ4n) is 5.26. The highest BCUT2D eigenvalue weighted by Gasteiger charge is 2.33. The molecule has 4 N–H and O–H groups in total. The number of aliphatic carboxylic acids is 1. The highest BCUT2D eigenvalue weighted by Crippen LogP contribution is 2.21. The van der Waals surface area contributed by atoms with Gasteiger partial charge in [-0.25, -0.2) is 4.79 Å². The molecule has 270 valence electrons. The van der Waals surface area contributed by atoms with Crippen LogP contribution in [0, 0.1) is 23.7 Å². The predicted molar refractivity (Wildman–Crippen MR) is 185 cm³/mol. The molecule has 1 saturated heterocycles. The minimum Gasteiger partial charge on any atom is -0.481 e. The molecule has 0 aromatic heterocycles. The van der Waals surface area contributed by atoms with Crippen LogP contribution < -0.4 is 16.0 Å². The van der Waals surface area contributed by atoms with Crippen LogP contribution in [0.2, 0.25) is 0 Å². The Balaban J connectivity index is 2.99. The molecule has 0 radical (unpaired) electrons. The van der Waals surface area contributed by atoms with E-state index >= 15 is 0 Å². The number of rotatable bonds is 18. The van der Waals surface area contributed by atoms with Crippen LogP contribution >= 0.6 is 0 Å². The number of unbranched alkanes of at least 4 members (excludes halogenated alkanes) is 3. The van der Waals surface area contributed by atoms with Gasteiger partial charge in [0.15, 0.2) is 5.78 Å². The Kier molecular flexibility index (Phi) is 20.0. The second-order valence-corrected chi connectivity index (χ2v) is 13.4. The molecule has 11 heteroatoms. The van der Waals surface area contributed by atoms with Gasteiger partial charge in [-0.2, -0.15) is 0 Å². The molecule has 0 aromatic carbocycles. The summed E-state index contributed by atoms with van der Waals surface area (Å²) in [4.78, 5) is 75.9. The second-order valence-electron chi connectivity index (χ2n) is 13.4. The van der Waals surface area contributed by atoms with E-state index in [9.17, 15) is 28.8 Å². The molecule has 1 fully saturated rings. The zero-order chi connectivity index (χ0) is 36.2. The van der Waals surface area contributed by atoms with Crippen molar-refractivity contribution in [3.63, 3.8) is 0 Å². The average molecular weight is 674 g/mol. The Morgan fingerprint density at radius 2 is 1.69 bits per heavy atom. The number of ether oxygens (including phenoxy) is 1. The van der Waals surface area contributed by atoms with Crippen LogP contribution in [0.4, 0.5) is 0 Å². The van der Waals surface area contributed by atoms with Crippen molar-refractivity contribution in [1.82, 2.24) is 16.0 Å². The van der Waals surface area contributed by atoms with Gasteiger partial charge in [0.05, 0.1) is 17.5 Å². The fraction of sp³-hybridized carbons (Fsp3) is 0.676. The minimum absolute atomic E-state index is 0.00444. The third kappa shape index (κ3) is 16.9. The molecular weight excluding hydrogens is 614 g/mol. The smallest absolute Gasteiger partial charge is 0.328 e. The van der Waals surface area contributed by atoms with E-state index in [0.717, 1.165) is 18.4 Å². The van der Waals surface area contributed by atoms with Gasteiger partial charge in [-0.15, -0.1) is 0 Å². The van der Waals surface area contributed by atoms with Gasteiger partial charge in [-0.05, 0) is 57.4 Å². The number of hydrogen-bond acceptors (Lipinski definition) is 7. The van der Waals surface area contributed by atoms with Crippen LogP contribution in [0.3, 0.4) is 0 Å². The van der Waals surface area contributed by atoms with E-state index < -0.39 is 59.6 Å². The Hall–Kier alpha value is -3.76. The van der Waals surface area contributed by atoms with E-state index in [1.54, 1.807) is 19.9 Å². The molecular formula is C37H59N3O8. The van der Waals surface area contributed by atoms with Gasteiger partial charge < -0.3 is 25.8 Å². The number of allylic oxidation sites excluding steroid dienone is 4. The number of cyclic esters (lactones) is 1. The van der Waals surface area contributed by atoms with E-state index in [1.165, 1.54) is 39.0 Å². The highest BCUT2D eigenvalue weighted by molar-refractivity contribution is 5.98. The summed E-state index contributed by atoms with van der Waals surface area (Å²) in [6.45, 7) is 14.9. The van der Waals surface area contributed by atoms with Gasteiger partial charge in [0, 0.05) is 18.9 Å². The van der Waals surface area contributed by atoms with Gasteiger partial charge in [-0.3, -0.25) is 24.0 Å². The summed E-state index contributed by atoms with van der Waals surface area (Å²) in [7, 11) is 0. The molecule has 0 saturated carbocycles. The molecule has 0 aliphatic carbocycles. The van der Waals surface area contributed by atoms with Crippen molar-refractivity contribution < 1.29 is 38.6 Å². The number of carbonyl (C=O) groups is 6. The molecule has 0 bridgehead atoms. The van der Waals surface area contributed by atoms with E-state index in [-0.39, 0.29) is 43.7 Å². The van der Waals surface area contributed by atoms with Crippen LogP contribution in [0.15, 0.2) is 36.1 Å². The molecule has 11 nitrogen and oxygen atoms in total. The van der Waals surface area contributed by atoms with Crippen molar-refractivity contribution in [3.05, 3.63) is 36.1 Å². The van der Waals surface area contributed by atoms with E-state index in [4.69, 9.17) is 9.84 Å². The maximum Gasteiger partial charge on any atom is 0.328 e. The summed E-state index contributed by atoms with van der Waals surface area (Å²) in [6.07, 6.45) is 13.2. The lowest BCUT2D eigenvalue weighted by Gasteiger charge is -2.28. The monoisotopic (exact) mass is 673 g/mol. The summed E-state index contributed by atoms with van der Waals surface area (Å²) in [6, 6.07) is -1.16. The molecule has 1 rings (SSSR count). The summed E-state index contributed by atoms with van der Waals surface area (Å²) in [5.41, 5.74) is 0.792. The lowest BCUT2D eigenvalue weighted by molar-refractivity contribution is -0.158. The SMILES string of the molecule is C=C1NC(=O)C(C)C(CCC(C)C(=O)C=CC(C)=CCCC(C)CCCCCC)OC(=O)C(CCCC(=O)O)NC(=O)C(C)CNC1=O. The molecule has 3 amide bonds. The number of carboxylic acids is 1. The molecule has 48 heavy (non-hydrogen) atoms. The topological polar surface area (TPSA) is 168 Å². The van der Waals surface area contributed by atoms with Crippen molar-refractivity contribution in [3.8, 4) is 0 Å². The molecule has 1 heterocycles.